The van der Waals surface area contributed by atoms with Crippen molar-refractivity contribution in [3.63, 3.8) is 0 Å². The van der Waals surface area contributed by atoms with Crippen LogP contribution in [0.5, 0.6) is 11.5 Å². The molecule has 1 aromatic carbocycles. The van der Waals surface area contributed by atoms with E-state index in [1.165, 1.54) is 141 Å². The van der Waals surface area contributed by atoms with Crippen LogP contribution >= 0.6 is 0 Å². The van der Waals surface area contributed by atoms with E-state index in [1.54, 1.807) is 13.0 Å². The summed E-state index contributed by atoms with van der Waals surface area (Å²) in [5.41, 5.74) is 6.82. The van der Waals surface area contributed by atoms with Crippen molar-refractivity contribution in [3.8, 4) is 11.5 Å². The number of aliphatic hydroxyl groups excluding tert-OH is 1. The molecular weight excluding hydrogens is 727 g/mol. The second-order valence-electron chi connectivity index (χ2n) is 16.0. The standard InChI is InChI=1S/C44H79NO7S.C2H6O/c1-6-8-10-12-14-16-18-20-22-24-26-28-30-32-41(46)50-39-35-34-38(44(43(45)37(3)4)52-53(5,48)49)36-40(39)51-42(47)33-31-29-27-25-23-21-19-17-15-13-11-9-7-2;1-2-3/h34-37,43-44H,6-33,45H2,1-5H3;3H,2H2,1H3. The summed E-state index contributed by atoms with van der Waals surface area (Å²) in [6, 6.07) is 4.03. The molecule has 56 heavy (non-hydrogen) atoms. The molecule has 0 aliphatic rings. The summed E-state index contributed by atoms with van der Waals surface area (Å²) in [6.45, 7) is 10.2. The van der Waals surface area contributed by atoms with Crippen LogP contribution in [0.15, 0.2) is 18.2 Å². The normalized spacial score (nSPS) is 12.6. The number of unbranched alkanes of at least 4 members (excludes halogenated alkanes) is 24. The molecule has 0 aromatic heterocycles. The van der Waals surface area contributed by atoms with Gasteiger partial charge in [-0.15, -0.1) is 0 Å². The molecule has 0 amide bonds. The minimum absolute atomic E-state index is 0.0685. The van der Waals surface area contributed by atoms with Crippen molar-refractivity contribution in [2.24, 2.45) is 11.7 Å². The number of rotatable bonds is 35. The summed E-state index contributed by atoms with van der Waals surface area (Å²) < 4.78 is 41.2. The number of nitrogens with two attached hydrogens (primary N) is 1. The molecule has 0 radical (unpaired) electrons. The van der Waals surface area contributed by atoms with Gasteiger partial charge in [0, 0.05) is 25.5 Å². The maximum absolute atomic E-state index is 13.0. The molecule has 0 saturated carbocycles. The third kappa shape index (κ3) is 31.0. The molecule has 0 saturated heterocycles. The first-order valence-corrected chi connectivity index (χ1v) is 24.5. The summed E-state index contributed by atoms with van der Waals surface area (Å²) in [4.78, 5) is 25.9. The lowest BCUT2D eigenvalue weighted by atomic mass is 9.94. The van der Waals surface area contributed by atoms with Crippen LogP contribution < -0.4 is 15.2 Å². The van der Waals surface area contributed by atoms with Crippen LogP contribution in [-0.2, 0) is 23.9 Å². The molecule has 2 unspecified atom stereocenters. The van der Waals surface area contributed by atoms with Gasteiger partial charge in [0.2, 0.25) is 0 Å². The highest BCUT2D eigenvalue weighted by Gasteiger charge is 2.29. The van der Waals surface area contributed by atoms with Gasteiger partial charge in [0.15, 0.2) is 11.5 Å². The Hall–Kier alpha value is -2.01. The van der Waals surface area contributed by atoms with Gasteiger partial charge in [-0.2, -0.15) is 8.42 Å². The first kappa shape index (κ1) is 54.0. The molecule has 0 aliphatic carbocycles. The molecule has 2 atom stereocenters. The number of esters is 2. The molecule has 0 spiro atoms. The number of benzene rings is 1. The second-order valence-corrected chi connectivity index (χ2v) is 17.6. The molecule has 0 heterocycles. The van der Waals surface area contributed by atoms with Crippen molar-refractivity contribution in [2.45, 2.75) is 227 Å². The molecular formula is C46H85NO8S. The fraction of sp³-hybridized carbons (Fsp3) is 0.826. The van der Waals surface area contributed by atoms with E-state index in [4.69, 9.17) is 24.5 Å². The van der Waals surface area contributed by atoms with Crippen LogP contribution in [-0.4, -0.2) is 44.4 Å². The molecule has 0 fully saturated rings. The van der Waals surface area contributed by atoms with Crippen molar-refractivity contribution < 1.29 is 36.8 Å². The van der Waals surface area contributed by atoms with Crippen molar-refractivity contribution in [1.29, 1.82) is 0 Å². The lowest BCUT2D eigenvalue weighted by molar-refractivity contribution is -0.137. The Morgan fingerprint density at radius 2 is 0.911 bits per heavy atom. The summed E-state index contributed by atoms with van der Waals surface area (Å²) >= 11 is 0. The van der Waals surface area contributed by atoms with Crippen molar-refractivity contribution in [1.82, 2.24) is 0 Å². The Kier molecular flexibility index (Phi) is 34.8. The van der Waals surface area contributed by atoms with Gasteiger partial charge < -0.3 is 20.3 Å². The van der Waals surface area contributed by atoms with Crippen LogP contribution in [0.3, 0.4) is 0 Å². The van der Waals surface area contributed by atoms with Crippen LogP contribution in [0.2, 0.25) is 0 Å². The number of carbonyl (C=O) groups is 2. The van der Waals surface area contributed by atoms with E-state index in [0.29, 0.717) is 12.0 Å². The Bertz CT molecular complexity index is 1210. The van der Waals surface area contributed by atoms with E-state index in [9.17, 15) is 18.0 Å². The first-order valence-electron chi connectivity index (χ1n) is 22.7. The van der Waals surface area contributed by atoms with E-state index in [0.717, 1.165) is 38.4 Å². The second kappa shape index (κ2) is 36.1. The fourth-order valence-electron chi connectivity index (χ4n) is 6.67. The predicted octanol–water partition coefficient (Wildman–Crippen LogP) is 12.5. The highest BCUT2D eigenvalue weighted by molar-refractivity contribution is 7.86. The topological polar surface area (TPSA) is 142 Å². The quantitative estimate of drug-likeness (QED) is 0.0296. The number of hydrogen-bond acceptors (Lipinski definition) is 9. The zero-order chi connectivity index (χ0) is 41.9. The van der Waals surface area contributed by atoms with Gasteiger partial charge in [-0.1, -0.05) is 188 Å². The van der Waals surface area contributed by atoms with E-state index >= 15 is 0 Å². The van der Waals surface area contributed by atoms with Crippen LogP contribution in [0.1, 0.15) is 226 Å². The van der Waals surface area contributed by atoms with Gasteiger partial charge in [0.1, 0.15) is 6.10 Å². The Labute approximate surface area is 344 Å². The maximum atomic E-state index is 13.0. The monoisotopic (exact) mass is 812 g/mol. The van der Waals surface area contributed by atoms with Gasteiger partial charge in [-0.3, -0.25) is 13.8 Å². The maximum Gasteiger partial charge on any atom is 0.311 e. The molecule has 10 heteroatoms. The molecule has 328 valence electrons. The van der Waals surface area contributed by atoms with Gasteiger partial charge >= 0.3 is 11.9 Å². The average molecular weight is 812 g/mol. The number of hydrogen-bond donors (Lipinski definition) is 2. The zero-order valence-electron chi connectivity index (χ0n) is 36.8. The SMILES string of the molecule is CCCCCCCCCCCCCCCC(=O)Oc1ccc(C(OS(C)(=O)=O)C(N)C(C)C)cc1OC(=O)CCCCCCCCCCCCCCC.CCO. The number of ether oxygens (including phenoxy) is 2. The van der Waals surface area contributed by atoms with E-state index in [2.05, 4.69) is 13.8 Å². The van der Waals surface area contributed by atoms with Gasteiger partial charge in [0.05, 0.1) is 6.26 Å². The Morgan fingerprint density at radius 3 is 1.23 bits per heavy atom. The summed E-state index contributed by atoms with van der Waals surface area (Å²) in [5.74, 6) is -0.714. The molecule has 9 nitrogen and oxygen atoms in total. The molecule has 1 aromatic rings. The average Bonchev–Trinajstić information content (AvgIpc) is 3.14. The Balaban J connectivity index is 0.00000974. The highest BCUT2D eigenvalue weighted by atomic mass is 32.2. The van der Waals surface area contributed by atoms with E-state index in [-0.39, 0.29) is 36.9 Å². The summed E-state index contributed by atoms with van der Waals surface area (Å²) in [6.07, 6.45) is 32.1. The molecule has 3 N–H and O–H groups in total. The predicted molar refractivity (Wildman–Crippen MR) is 233 cm³/mol. The minimum atomic E-state index is -3.85. The zero-order valence-corrected chi connectivity index (χ0v) is 37.6. The largest absolute Gasteiger partial charge is 0.423 e. The fourth-order valence-corrected chi connectivity index (χ4v) is 7.28. The van der Waals surface area contributed by atoms with Crippen LogP contribution in [0.25, 0.3) is 0 Å². The molecule has 0 aliphatic heterocycles. The minimum Gasteiger partial charge on any atom is -0.423 e. The molecule has 1 rings (SSSR count). The van der Waals surface area contributed by atoms with Crippen LogP contribution in [0, 0.1) is 5.92 Å². The molecule has 0 bridgehead atoms. The van der Waals surface area contributed by atoms with Gasteiger partial charge in [-0.05, 0) is 43.4 Å². The van der Waals surface area contributed by atoms with Gasteiger partial charge in [0.25, 0.3) is 10.1 Å². The van der Waals surface area contributed by atoms with E-state index < -0.39 is 34.2 Å². The third-order valence-corrected chi connectivity index (χ3v) is 10.7. The van der Waals surface area contributed by atoms with Gasteiger partial charge in [-0.25, -0.2) is 0 Å². The summed E-state index contributed by atoms with van der Waals surface area (Å²) in [5, 5.41) is 7.57. The van der Waals surface area contributed by atoms with E-state index in [1.807, 2.05) is 13.8 Å². The third-order valence-electron chi connectivity index (χ3n) is 10.1. The smallest absolute Gasteiger partial charge is 0.311 e. The highest BCUT2D eigenvalue weighted by Crippen LogP contribution is 2.35. The van der Waals surface area contributed by atoms with Crippen molar-refractivity contribution >= 4 is 22.1 Å². The summed E-state index contributed by atoms with van der Waals surface area (Å²) in [7, 11) is -3.85. The number of aliphatic hydroxyl groups is 1. The lowest BCUT2D eigenvalue weighted by Gasteiger charge is -2.26. The van der Waals surface area contributed by atoms with Crippen LogP contribution in [0.4, 0.5) is 0 Å². The first-order chi connectivity index (χ1) is 26.9. The number of carbonyl (C=O) groups excluding carboxylic acids is 2. The lowest BCUT2D eigenvalue weighted by Crippen LogP contribution is -2.36. The van der Waals surface area contributed by atoms with Crippen molar-refractivity contribution in [2.75, 3.05) is 12.9 Å². The Morgan fingerprint density at radius 1 is 0.589 bits per heavy atom. The van der Waals surface area contributed by atoms with Crippen molar-refractivity contribution in [3.05, 3.63) is 23.8 Å².